The van der Waals surface area contributed by atoms with Crippen LogP contribution in [0.3, 0.4) is 0 Å². The first kappa shape index (κ1) is 21.5. The number of nitrogens with one attached hydrogen (secondary N) is 2. The van der Waals surface area contributed by atoms with Gasteiger partial charge in [-0.1, -0.05) is 30.3 Å². The Bertz CT molecular complexity index is 1110. The fraction of sp³-hybridized carbons (Fsp3) is 0.280. The van der Waals surface area contributed by atoms with Crippen molar-refractivity contribution < 1.29 is 9.59 Å². The number of carbonyl (C=O) groups excluding carboxylic acids is 2. The maximum Gasteiger partial charge on any atom is 0.227 e. The lowest BCUT2D eigenvalue weighted by atomic mass is 9.95. The quantitative estimate of drug-likeness (QED) is 0.633. The summed E-state index contributed by atoms with van der Waals surface area (Å²) in [5.41, 5.74) is 4.47. The Labute approximate surface area is 187 Å². The van der Waals surface area contributed by atoms with Crippen molar-refractivity contribution in [3.63, 3.8) is 0 Å². The molecule has 1 aromatic heterocycles. The molecule has 7 nitrogen and oxygen atoms in total. The number of carbonyl (C=O) groups is 2. The molecule has 2 N–H and O–H groups in total. The molecule has 0 bridgehead atoms. The molecule has 3 aromatic rings. The number of hydrogen-bond donors (Lipinski definition) is 2. The van der Waals surface area contributed by atoms with Crippen molar-refractivity contribution in [2.75, 3.05) is 28.6 Å². The average molecular weight is 430 g/mol. The highest BCUT2D eigenvalue weighted by Gasteiger charge is 2.26. The first-order chi connectivity index (χ1) is 15.5. The highest BCUT2D eigenvalue weighted by molar-refractivity contribution is 5.94. The van der Waals surface area contributed by atoms with Crippen LogP contribution in [0.2, 0.25) is 0 Å². The third kappa shape index (κ3) is 5.11. The highest BCUT2D eigenvalue weighted by Crippen LogP contribution is 2.26. The zero-order chi connectivity index (χ0) is 22.5. The van der Waals surface area contributed by atoms with Crippen LogP contribution < -0.4 is 15.5 Å². The van der Waals surface area contributed by atoms with Crippen molar-refractivity contribution >= 4 is 29.0 Å². The van der Waals surface area contributed by atoms with Crippen LogP contribution in [0.1, 0.15) is 25.3 Å². The molecule has 0 aliphatic carbocycles. The van der Waals surface area contributed by atoms with Crippen molar-refractivity contribution in [1.82, 2.24) is 10.2 Å². The van der Waals surface area contributed by atoms with Gasteiger partial charge < -0.3 is 15.5 Å². The minimum absolute atomic E-state index is 0.00519. The lowest BCUT2D eigenvalue weighted by molar-refractivity contribution is -0.120. The van der Waals surface area contributed by atoms with Gasteiger partial charge in [-0.2, -0.15) is 0 Å². The van der Waals surface area contributed by atoms with E-state index in [-0.39, 0.29) is 17.7 Å². The Morgan fingerprint density at radius 1 is 0.906 bits per heavy atom. The van der Waals surface area contributed by atoms with Crippen LogP contribution >= 0.6 is 0 Å². The standard InChI is InChI=1S/C25H27N5O2/c1-17-6-3-4-9-22(17)23-10-11-24(29-28-23)30-14-12-19(13-15-30)25(32)27-21-8-5-7-20(16-21)26-18(2)31/h3-11,16,19H,12-15H2,1-2H3,(H,26,31)(H,27,32). The number of amides is 2. The third-order valence-electron chi connectivity index (χ3n) is 5.71. The molecule has 164 valence electrons. The Morgan fingerprint density at radius 2 is 1.62 bits per heavy atom. The Morgan fingerprint density at radius 3 is 2.28 bits per heavy atom. The molecule has 4 rings (SSSR count). The molecule has 32 heavy (non-hydrogen) atoms. The first-order valence-corrected chi connectivity index (χ1v) is 10.8. The second-order valence-electron chi connectivity index (χ2n) is 8.10. The molecule has 1 aliphatic heterocycles. The van der Waals surface area contributed by atoms with Gasteiger partial charge in [0.05, 0.1) is 5.69 Å². The molecule has 0 radical (unpaired) electrons. The van der Waals surface area contributed by atoms with Crippen LogP contribution in [0.25, 0.3) is 11.3 Å². The highest BCUT2D eigenvalue weighted by atomic mass is 16.2. The molecule has 7 heteroatoms. The van der Waals surface area contributed by atoms with Crippen molar-refractivity contribution in [2.24, 2.45) is 5.92 Å². The van der Waals surface area contributed by atoms with Crippen LogP contribution in [-0.4, -0.2) is 35.1 Å². The molecule has 1 saturated heterocycles. The number of aromatic nitrogens is 2. The molecule has 2 aromatic carbocycles. The summed E-state index contributed by atoms with van der Waals surface area (Å²) in [4.78, 5) is 26.1. The molecule has 1 fully saturated rings. The number of benzene rings is 2. The van der Waals surface area contributed by atoms with Crippen LogP contribution in [0, 0.1) is 12.8 Å². The molecular weight excluding hydrogens is 402 g/mol. The summed E-state index contributed by atoms with van der Waals surface area (Å²) in [5.74, 6) is 0.639. The Kier molecular flexibility index (Phi) is 6.44. The lowest BCUT2D eigenvalue weighted by Gasteiger charge is -2.31. The van der Waals surface area contributed by atoms with E-state index in [0.29, 0.717) is 11.4 Å². The van der Waals surface area contributed by atoms with Crippen molar-refractivity contribution in [1.29, 1.82) is 0 Å². The van der Waals surface area contributed by atoms with Crippen molar-refractivity contribution in [2.45, 2.75) is 26.7 Å². The van der Waals surface area contributed by atoms with Crippen molar-refractivity contribution in [3.05, 3.63) is 66.2 Å². The summed E-state index contributed by atoms with van der Waals surface area (Å²) in [6.45, 7) is 5.03. The van der Waals surface area contributed by atoms with Gasteiger partial charge in [-0.25, -0.2) is 0 Å². The SMILES string of the molecule is CC(=O)Nc1cccc(NC(=O)C2CCN(c3ccc(-c4ccccc4C)nn3)CC2)c1. The predicted molar refractivity (Wildman–Crippen MR) is 127 cm³/mol. The lowest BCUT2D eigenvalue weighted by Crippen LogP contribution is -2.38. The van der Waals surface area contributed by atoms with Crippen LogP contribution in [0.15, 0.2) is 60.7 Å². The fourth-order valence-electron chi connectivity index (χ4n) is 3.99. The van der Waals surface area contributed by atoms with Gasteiger partial charge in [0.1, 0.15) is 0 Å². The van der Waals surface area contributed by atoms with E-state index in [1.807, 2.05) is 36.4 Å². The summed E-state index contributed by atoms with van der Waals surface area (Å²) < 4.78 is 0. The fourth-order valence-corrected chi connectivity index (χ4v) is 3.99. The van der Waals surface area contributed by atoms with E-state index in [9.17, 15) is 9.59 Å². The normalized spacial score (nSPS) is 14.1. The smallest absolute Gasteiger partial charge is 0.227 e. The number of rotatable bonds is 5. The van der Waals surface area contributed by atoms with Gasteiger partial charge >= 0.3 is 0 Å². The number of nitrogens with zero attached hydrogens (tertiary/aromatic N) is 3. The first-order valence-electron chi connectivity index (χ1n) is 10.8. The largest absolute Gasteiger partial charge is 0.355 e. The van der Waals surface area contributed by atoms with Gasteiger partial charge in [-0.05, 0) is 55.7 Å². The summed E-state index contributed by atoms with van der Waals surface area (Å²) in [5, 5.41) is 14.6. The van der Waals surface area contributed by atoms with E-state index in [2.05, 4.69) is 44.8 Å². The minimum Gasteiger partial charge on any atom is -0.355 e. The molecule has 2 heterocycles. The second-order valence-corrected chi connectivity index (χ2v) is 8.10. The summed E-state index contributed by atoms with van der Waals surface area (Å²) in [6.07, 6.45) is 1.50. The summed E-state index contributed by atoms with van der Waals surface area (Å²) in [6, 6.07) is 19.3. The summed E-state index contributed by atoms with van der Waals surface area (Å²) in [7, 11) is 0. The molecule has 0 spiro atoms. The Balaban J connectivity index is 1.33. The molecule has 0 atom stereocenters. The van der Waals surface area contributed by atoms with Gasteiger partial charge in [0.2, 0.25) is 11.8 Å². The molecule has 2 amide bonds. The van der Waals surface area contributed by atoms with E-state index in [1.165, 1.54) is 12.5 Å². The molecule has 1 aliphatic rings. The van der Waals surface area contributed by atoms with Gasteiger partial charge in [0.15, 0.2) is 5.82 Å². The van der Waals surface area contributed by atoms with E-state index in [1.54, 1.807) is 12.1 Å². The molecule has 0 unspecified atom stereocenters. The number of hydrogen-bond acceptors (Lipinski definition) is 5. The molecular formula is C25H27N5O2. The second kappa shape index (κ2) is 9.60. The van der Waals surface area contributed by atoms with Crippen LogP contribution in [0.4, 0.5) is 17.2 Å². The van der Waals surface area contributed by atoms with E-state index >= 15 is 0 Å². The van der Waals surface area contributed by atoms with Crippen molar-refractivity contribution in [3.8, 4) is 11.3 Å². The average Bonchev–Trinajstić information content (AvgIpc) is 2.79. The van der Waals surface area contributed by atoms with E-state index in [4.69, 9.17) is 0 Å². The monoisotopic (exact) mass is 429 g/mol. The number of piperidine rings is 1. The van der Waals surface area contributed by atoms with E-state index in [0.717, 1.165) is 43.0 Å². The maximum atomic E-state index is 12.7. The number of anilines is 3. The topological polar surface area (TPSA) is 87.2 Å². The molecule has 0 saturated carbocycles. The minimum atomic E-state index is -0.143. The zero-order valence-corrected chi connectivity index (χ0v) is 18.3. The summed E-state index contributed by atoms with van der Waals surface area (Å²) >= 11 is 0. The van der Waals surface area contributed by atoms with Gasteiger partial charge in [0, 0.05) is 42.9 Å². The van der Waals surface area contributed by atoms with Crippen LogP contribution in [-0.2, 0) is 9.59 Å². The van der Waals surface area contributed by atoms with E-state index < -0.39 is 0 Å². The Hall–Kier alpha value is -3.74. The van der Waals surface area contributed by atoms with Gasteiger partial charge in [-0.3, -0.25) is 9.59 Å². The van der Waals surface area contributed by atoms with Gasteiger partial charge in [-0.15, -0.1) is 10.2 Å². The maximum absolute atomic E-state index is 12.7. The van der Waals surface area contributed by atoms with Gasteiger partial charge in [0.25, 0.3) is 0 Å². The number of aryl methyl sites for hydroxylation is 1. The van der Waals surface area contributed by atoms with Crippen LogP contribution in [0.5, 0.6) is 0 Å². The third-order valence-corrected chi connectivity index (χ3v) is 5.71. The predicted octanol–water partition coefficient (Wildman–Crippen LogP) is 4.27. The zero-order valence-electron chi connectivity index (χ0n) is 18.3.